The number of benzene rings is 2. The van der Waals surface area contributed by atoms with Gasteiger partial charge in [0.2, 0.25) is 5.91 Å². The summed E-state index contributed by atoms with van der Waals surface area (Å²) in [7, 11) is -3.91. The second kappa shape index (κ2) is 10.1. The zero-order chi connectivity index (χ0) is 20.6. The third-order valence-electron chi connectivity index (χ3n) is 3.87. The molecule has 0 bridgehead atoms. The van der Waals surface area contributed by atoms with Gasteiger partial charge in [-0.15, -0.1) is 0 Å². The van der Waals surface area contributed by atoms with Crippen molar-refractivity contribution in [3.63, 3.8) is 0 Å². The third kappa shape index (κ3) is 7.62. The van der Waals surface area contributed by atoms with Gasteiger partial charge in [-0.2, -0.15) is 4.62 Å². The second-order valence-corrected chi connectivity index (χ2v) is 8.20. The summed E-state index contributed by atoms with van der Waals surface area (Å²) >= 11 is 0. The van der Waals surface area contributed by atoms with Crippen LogP contribution in [-0.4, -0.2) is 35.5 Å². The predicted molar refractivity (Wildman–Crippen MR) is 105 cm³/mol. The molecule has 0 aliphatic carbocycles. The molecule has 0 saturated carbocycles. The van der Waals surface area contributed by atoms with Crippen molar-refractivity contribution in [2.75, 3.05) is 6.66 Å². The summed E-state index contributed by atoms with van der Waals surface area (Å²) in [5, 5.41) is 2.59. The summed E-state index contributed by atoms with van der Waals surface area (Å²) in [6, 6.07) is 16.4. The molecule has 28 heavy (non-hydrogen) atoms. The van der Waals surface area contributed by atoms with Crippen molar-refractivity contribution < 1.29 is 23.7 Å². The Balaban J connectivity index is 2.05. The summed E-state index contributed by atoms with van der Waals surface area (Å²) in [5.74, 6) is -1.26. The number of nitrogens with one attached hydrogen (secondary N) is 2. The Bertz CT molecular complexity index is 826. The van der Waals surface area contributed by atoms with Crippen molar-refractivity contribution in [3.05, 3.63) is 71.8 Å². The molecular weight excluding hydrogens is 381 g/mol. The lowest BCUT2D eigenvalue weighted by Crippen LogP contribution is -2.52. The molecule has 2 aromatic rings. The largest absolute Gasteiger partial charge is 0.346 e. The molecule has 3 atom stereocenters. The second-order valence-electron chi connectivity index (χ2n) is 6.41. The summed E-state index contributed by atoms with van der Waals surface area (Å²) < 4.78 is 15.7. The highest BCUT2D eigenvalue weighted by molar-refractivity contribution is 7.51. The maximum absolute atomic E-state index is 12.5. The smallest absolute Gasteiger partial charge is 0.343 e. The van der Waals surface area contributed by atoms with Crippen LogP contribution in [-0.2, 0) is 31.6 Å². The molecule has 150 valence electrons. The van der Waals surface area contributed by atoms with Gasteiger partial charge in [-0.1, -0.05) is 60.7 Å². The van der Waals surface area contributed by atoms with E-state index in [2.05, 4.69) is 9.94 Å². The molecule has 0 aromatic heterocycles. The average Bonchev–Trinajstić information content (AvgIpc) is 2.66. The summed E-state index contributed by atoms with van der Waals surface area (Å²) in [4.78, 5) is 34.1. The van der Waals surface area contributed by atoms with Gasteiger partial charge in [0.25, 0.3) is 5.91 Å². The molecule has 9 heteroatoms. The van der Waals surface area contributed by atoms with Crippen molar-refractivity contribution in [2.24, 2.45) is 5.73 Å². The predicted octanol–water partition coefficient (Wildman–Crippen LogP) is 1.15. The molecular formula is C19H24N3O5P. The first-order chi connectivity index (χ1) is 13.2. The van der Waals surface area contributed by atoms with Crippen LogP contribution in [0.2, 0.25) is 0 Å². The van der Waals surface area contributed by atoms with Gasteiger partial charge >= 0.3 is 7.60 Å². The minimum Gasteiger partial charge on any atom is -0.343 e. The number of nitrogens with two attached hydrogens (primary N) is 1. The average molecular weight is 405 g/mol. The lowest BCUT2D eigenvalue weighted by molar-refractivity contribution is -0.134. The third-order valence-corrected chi connectivity index (χ3v) is 4.30. The van der Waals surface area contributed by atoms with Gasteiger partial charge in [0.15, 0.2) is 0 Å². The Morgan fingerprint density at radius 1 is 1.00 bits per heavy atom. The first-order valence-corrected chi connectivity index (χ1v) is 10.7. The summed E-state index contributed by atoms with van der Waals surface area (Å²) in [6.07, 6.45) is 0.475. The number of rotatable bonds is 9. The SMILES string of the molecule is CP(=O)(O)ONC(=O)[C@H](Cc1ccccc1)NC(=O)[C@@H](N)Cc1ccccc1. The van der Waals surface area contributed by atoms with Crippen molar-refractivity contribution in [1.29, 1.82) is 0 Å². The summed E-state index contributed by atoms with van der Waals surface area (Å²) in [5.41, 5.74) is 9.59. The van der Waals surface area contributed by atoms with E-state index < -0.39 is 31.5 Å². The highest BCUT2D eigenvalue weighted by Gasteiger charge is 2.26. The van der Waals surface area contributed by atoms with Gasteiger partial charge in [0, 0.05) is 13.1 Å². The molecule has 0 aliphatic rings. The Morgan fingerprint density at radius 3 is 2.00 bits per heavy atom. The Labute approximate surface area is 163 Å². The van der Waals surface area contributed by atoms with E-state index in [-0.39, 0.29) is 6.42 Å². The number of hydroxylamine groups is 1. The van der Waals surface area contributed by atoms with Crippen molar-refractivity contribution >= 4 is 19.4 Å². The van der Waals surface area contributed by atoms with E-state index in [9.17, 15) is 19.0 Å². The number of carbonyl (C=O) groups excluding carboxylic acids is 2. The molecule has 0 spiro atoms. The van der Waals surface area contributed by atoms with Gasteiger partial charge in [-0.3, -0.25) is 14.2 Å². The molecule has 2 amide bonds. The summed E-state index contributed by atoms with van der Waals surface area (Å²) in [6.45, 7) is 0.938. The number of carbonyl (C=O) groups is 2. The Kier molecular flexibility index (Phi) is 7.90. The first kappa shape index (κ1) is 21.8. The van der Waals surface area contributed by atoms with Crippen molar-refractivity contribution in [1.82, 2.24) is 10.8 Å². The zero-order valence-electron chi connectivity index (χ0n) is 15.4. The van der Waals surface area contributed by atoms with Crippen LogP contribution < -0.4 is 16.5 Å². The minimum absolute atomic E-state index is 0.166. The van der Waals surface area contributed by atoms with Crippen LogP contribution >= 0.6 is 7.60 Å². The van der Waals surface area contributed by atoms with Gasteiger partial charge in [-0.25, -0.2) is 5.48 Å². The molecule has 2 rings (SSSR count). The minimum atomic E-state index is -3.91. The van der Waals surface area contributed by atoms with E-state index in [0.717, 1.165) is 17.8 Å². The molecule has 8 nitrogen and oxygen atoms in total. The van der Waals surface area contributed by atoms with Crippen LogP contribution in [0.5, 0.6) is 0 Å². The van der Waals surface area contributed by atoms with Crippen LogP contribution in [0.25, 0.3) is 0 Å². The van der Waals surface area contributed by atoms with E-state index >= 15 is 0 Å². The van der Waals surface area contributed by atoms with E-state index in [4.69, 9.17) is 5.73 Å². The van der Waals surface area contributed by atoms with Gasteiger partial charge < -0.3 is 15.9 Å². The number of amides is 2. The van der Waals surface area contributed by atoms with Gasteiger partial charge in [-0.05, 0) is 17.5 Å². The maximum Gasteiger partial charge on any atom is 0.346 e. The zero-order valence-corrected chi connectivity index (χ0v) is 16.3. The molecule has 0 heterocycles. The van der Waals surface area contributed by atoms with Crippen LogP contribution in [0, 0.1) is 0 Å². The van der Waals surface area contributed by atoms with Crippen LogP contribution in [0.3, 0.4) is 0 Å². The maximum atomic E-state index is 12.5. The molecule has 1 unspecified atom stereocenters. The van der Waals surface area contributed by atoms with Crippen LogP contribution in [0.4, 0.5) is 0 Å². The fourth-order valence-electron chi connectivity index (χ4n) is 2.50. The van der Waals surface area contributed by atoms with Crippen molar-refractivity contribution in [3.8, 4) is 0 Å². The lowest BCUT2D eigenvalue weighted by Gasteiger charge is -2.21. The highest BCUT2D eigenvalue weighted by atomic mass is 31.2. The highest BCUT2D eigenvalue weighted by Crippen LogP contribution is 2.34. The standard InChI is InChI=1S/C19H24N3O5P/c1-28(25,26)27-22-19(24)17(13-15-10-6-3-7-11-15)21-18(23)16(20)12-14-8-4-2-5-9-14/h2-11,16-17H,12-13,20H2,1H3,(H,21,23)(H,22,24)(H,25,26)/t16-,17-/m0/s1. The number of hydrogen-bond donors (Lipinski definition) is 4. The monoisotopic (exact) mass is 405 g/mol. The molecule has 0 aliphatic heterocycles. The van der Waals surface area contributed by atoms with Gasteiger partial charge in [0.05, 0.1) is 6.04 Å². The number of hydrogen-bond acceptors (Lipinski definition) is 5. The topological polar surface area (TPSA) is 131 Å². The molecule has 5 N–H and O–H groups in total. The van der Waals surface area contributed by atoms with E-state index in [1.807, 2.05) is 41.9 Å². The van der Waals surface area contributed by atoms with Crippen molar-refractivity contribution in [2.45, 2.75) is 24.9 Å². The van der Waals surface area contributed by atoms with E-state index in [0.29, 0.717) is 6.42 Å². The lowest BCUT2D eigenvalue weighted by atomic mass is 10.0. The quantitative estimate of drug-likeness (QED) is 0.366. The Hall–Kier alpha value is -2.51. The fraction of sp³-hybridized carbons (Fsp3) is 0.263. The van der Waals surface area contributed by atoms with Crippen LogP contribution in [0.15, 0.2) is 60.7 Å². The molecule has 2 aromatic carbocycles. The fourth-order valence-corrected chi connectivity index (χ4v) is 2.76. The van der Waals surface area contributed by atoms with Crippen LogP contribution in [0.1, 0.15) is 11.1 Å². The molecule has 0 radical (unpaired) electrons. The first-order valence-electron chi connectivity index (χ1n) is 8.67. The van der Waals surface area contributed by atoms with E-state index in [1.165, 1.54) is 0 Å². The molecule has 0 saturated heterocycles. The van der Waals surface area contributed by atoms with E-state index in [1.54, 1.807) is 24.3 Å². The normalized spacial score (nSPS) is 15.1. The van der Waals surface area contributed by atoms with Gasteiger partial charge in [0.1, 0.15) is 6.04 Å². The Morgan fingerprint density at radius 2 is 1.50 bits per heavy atom. The molecule has 0 fully saturated rings.